The van der Waals surface area contributed by atoms with Crippen LogP contribution < -0.4 is 10.6 Å². The van der Waals surface area contributed by atoms with Crippen molar-refractivity contribution in [1.82, 2.24) is 25.4 Å². The van der Waals surface area contributed by atoms with Crippen molar-refractivity contribution in [3.05, 3.63) is 77.7 Å². The number of pyridine rings is 1. The van der Waals surface area contributed by atoms with Gasteiger partial charge in [0.2, 0.25) is 5.60 Å². The topological polar surface area (TPSA) is 151 Å². The molecule has 0 aliphatic carbocycles. The lowest BCUT2D eigenvalue weighted by Crippen LogP contribution is -2.56. The maximum atomic E-state index is 13.5. The number of rotatable bonds is 11. The van der Waals surface area contributed by atoms with Crippen LogP contribution in [-0.2, 0) is 16.1 Å². The van der Waals surface area contributed by atoms with Crippen LogP contribution in [0.3, 0.4) is 0 Å². The summed E-state index contributed by atoms with van der Waals surface area (Å²) in [5, 5.41) is 33.8. The number of hydrogen-bond donors (Lipinski definition) is 4. The molecule has 2 aromatic heterocycles. The number of aromatic nitrogens is 3. The molecule has 4 N–H and O–H groups in total. The average molecular weight is 532 g/mol. The molecule has 1 aromatic carbocycles. The molecule has 0 bridgehead atoms. The molecule has 11 nitrogen and oxygen atoms in total. The lowest BCUT2D eigenvalue weighted by molar-refractivity contribution is -0.144. The highest BCUT2D eigenvalue weighted by Crippen LogP contribution is 2.29. The predicted molar refractivity (Wildman–Crippen MR) is 146 cm³/mol. The lowest BCUT2D eigenvalue weighted by Gasteiger charge is -2.29. The number of nitrogens with one attached hydrogen (secondary N) is 2. The van der Waals surface area contributed by atoms with E-state index >= 15 is 0 Å². The summed E-state index contributed by atoms with van der Waals surface area (Å²) in [4.78, 5) is 36.7. The average Bonchev–Trinajstić information content (AvgIpc) is 3.52. The number of aryl methyl sites for hydroxylation is 1. The lowest BCUT2D eigenvalue weighted by atomic mass is 9.74. The smallest absolute Gasteiger partial charge is 0.426 e. The van der Waals surface area contributed by atoms with Crippen LogP contribution in [0.4, 0.5) is 0 Å². The van der Waals surface area contributed by atoms with Crippen molar-refractivity contribution in [2.45, 2.75) is 51.6 Å². The summed E-state index contributed by atoms with van der Waals surface area (Å²) in [6, 6.07) is 16.4. The van der Waals surface area contributed by atoms with Crippen molar-refractivity contribution in [2.24, 2.45) is 11.1 Å². The molecule has 3 heterocycles. The van der Waals surface area contributed by atoms with Gasteiger partial charge in [0.15, 0.2) is 5.82 Å². The van der Waals surface area contributed by atoms with Crippen molar-refractivity contribution >= 4 is 24.6 Å². The van der Waals surface area contributed by atoms with Crippen LogP contribution >= 0.6 is 0 Å². The Hall–Kier alpha value is -4.03. The van der Waals surface area contributed by atoms with Crippen molar-refractivity contribution in [3.8, 4) is 5.82 Å². The summed E-state index contributed by atoms with van der Waals surface area (Å²) in [5.41, 5.74) is 0.894. The monoisotopic (exact) mass is 532 g/mol. The van der Waals surface area contributed by atoms with Gasteiger partial charge in [0.25, 0.3) is 11.8 Å². The van der Waals surface area contributed by atoms with Gasteiger partial charge >= 0.3 is 7.12 Å². The molecule has 12 heteroatoms. The second-order valence-electron chi connectivity index (χ2n) is 10.2. The van der Waals surface area contributed by atoms with Crippen molar-refractivity contribution < 1.29 is 24.5 Å². The fourth-order valence-electron chi connectivity index (χ4n) is 4.51. The number of carbonyl (C=O) groups excluding carboxylic acids is 2. The molecule has 1 aliphatic heterocycles. The number of carbonyl (C=O) groups is 2. The minimum atomic E-state index is -1.72. The molecule has 39 heavy (non-hydrogen) atoms. The molecule has 0 fully saturated rings. The first-order chi connectivity index (χ1) is 18.7. The number of hydrogen-bond acceptors (Lipinski definition) is 8. The fraction of sp³-hybridized carbons (Fsp3) is 0.370. The molecular weight excluding hydrogens is 499 g/mol. The molecule has 3 aromatic rings. The Morgan fingerprint density at radius 2 is 1.90 bits per heavy atom. The summed E-state index contributed by atoms with van der Waals surface area (Å²) in [6.45, 7) is 5.70. The molecule has 0 saturated carbocycles. The zero-order chi connectivity index (χ0) is 28.0. The van der Waals surface area contributed by atoms with Gasteiger partial charge in [0.1, 0.15) is 5.69 Å². The van der Waals surface area contributed by atoms with Gasteiger partial charge in [-0.05, 0) is 43.0 Å². The standard InChI is InChI=1S/C27H33BN6O5/c1-18(2)13-23(28(37)38)31-26(36)27(15-20-9-5-4-6-10-20)16-21(33-39-27)17-30-25(35)22-14-19(3)32-34(22)24-11-7-8-12-29-24/h4-12,14,18,23,37-38H,13,15-17H2,1-3H3,(H,30,35)(H,31,36)/t23-,27?/m0/s1. The van der Waals surface area contributed by atoms with Gasteiger partial charge in [0.05, 0.1) is 23.9 Å². The molecular formula is C27H33BN6O5. The van der Waals surface area contributed by atoms with E-state index in [0.717, 1.165) is 5.56 Å². The van der Waals surface area contributed by atoms with Crippen LogP contribution in [0.5, 0.6) is 0 Å². The third-order valence-electron chi connectivity index (χ3n) is 6.37. The summed E-state index contributed by atoms with van der Waals surface area (Å²) in [6.07, 6.45) is 2.32. The zero-order valence-corrected chi connectivity index (χ0v) is 22.2. The van der Waals surface area contributed by atoms with E-state index in [2.05, 4.69) is 25.9 Å². The van der Waals surface area contributed by atoms with Crippen LogP contribution in [0.15, 0.2) is 65.9 Å². The van der Waals surface area contributed by atoms with Gasteiger partial charge in [-0.2, -0.15) is 5.10 Å². The Kier molecular flexibility index (Phi) is 8.77. The van der Waals surface area contributed by atoms with E-state index in [4.69, 9.17) is 4.84 Å². The third kappa shape index (κ3) is 6.90. The third-order valence-corrected chi connectivity index (χ3v) is 6.37. The second-order valence-corrected chi connectivity index (χ2v) is 10.2. The van der Waals surface area contributed by atoms with Crippen molar-refractivity contribution in [3.63, 3.8) is 0 Å². The molecule has 2 amide bonds. The maximum Gasteiger partial charge on any atom is 0.475 e. The van der Waals surface area contributed by atoms with Crippen molar-refractivity contribution in [1.29, 1.82) is 0 Å². The Labute approximate surface area is 227 Å². The Bertz CT molecular complexity index is 1310. The highest BCUT2D eigenvalue weighted by molar-refractivity contribution is 6.43. The van der Waals surface area contributed by atoms with Crippen molar-refractivity contribution in [2.75, 3.05) is 6.54 Å². The molecule has 204 valence electrons. The number of nitrogens with zero attached hydrogens (tertiary/aromatic N) is 4. The first-order valence-electron chi connectivity index (χ1n) is 12.9. The minimum Gasteiger partial charge on any atom is -0.426 e. The largest absolute Gasteiger partial charge is 0.475 e. The zero-order valence-electron chi connectivity index (χ0n) is 22.2. The Balaban J connectivity index is 1.48. The fourth-order valence-corrected chi connectivity index (χ4v) is 4.51. The first-order valence-corrected chi connectivity index (χ1v) is 12.9. The normalized spacial score (nSPS) is 17.3. The molecule has 0 saturated heterocycles. The maximum absolute atomic E-state index is 13.5. The summed E-state index contributed by atoms with van der Waals surface area (Å²) >= 11 is 0. The van der Waals surface area contributed by atoms with Crippen LogP contribution in [0.25, 0.3) is 5.82 Å². The van der Waals surface area contributed by atoms with Crippen LogP contribution in [0.1, 0.15) is 48.4 Å². The quantitative estimate of drug-likeness (QED) is 0.274. The predicted octanol–water partition coefficient (Wildman–Crippen LogP) is 1.61. The second kappa shape index (κ2) is 12.2. The van der Waals surface area contributed by atoms with Crippen LogP contribution in [-0.4, -0.2) is 67.5 Å². The van der Waals surface area contributed by atoms with E-state index in [-0.39, 0.29) is 31.2 Å². The number of oxime groups is 1. The number of benzene rings is 1. The van der Waals surface area contributed by atoms with Crippen LogP contribution in [0, 0.1) is 12.8 Å². The first kappa shape index (κ1) is 28.0. The van der Waals surface area contributed by atoms with Crippen LogP contribution in [0.2, 0.25) is 0 Å². The summed E-state index contributed by atoms with van der Waals surface area (Å²) < 4.78 is 1.47. The van der Waals surface area contributed by atoms with E-state index < -0.39 is 24.6 Å². The van der Waals surface area contributed by atoms with Gasteiger partial charge in [0, 0.05) is 19.0 Å². The van der Waals surface area contributed by atoms with Gasteiger partial charge < -0.3 is 25.5 Å². The number of amides is 2. The van der Waals surface area contributed by atoms with E-state index in [0.29, 0.717) is 29.3 Å². The summed E-state index contributed by atoms with van der Waals surface area (Å²) in [5.74, 6) is -1.12. The Morgan fingerprint density at radius 3 is 2.56 bits per heavy atom. The minimum absolute atomic E-state index is 0.0488. The van der Waals surface area contributed by atoms with E-state index in [1.165, 1.54) is 4.68 Å². The molecule has 1 aliphatic rings. The Morgan fingerprint density at radius 1 is 1.15 bits per heavy atom. The van der Waals surface area contributed by atoms with Gasteiger partial charge in [-0.25, -0.2) is 9.67 Å². The highest BCUT2D eigenvalue weighted by Gasteiger charge is 2.48. The SMILES string of the molecule is Cc1cc(C(=O)NCC2=NOC(Cc3ccccc3)(C(=O)N[C@@H](CC(C)C)B(O)O)C2)n(-c2ccccn2)n1. The van der Waals surface area contributed by atoms with E-state index in [9.17, 15) is 19.6 Å². The molecule has 0 radical (unpaired) electrons. The molecule has 2 atom stereocenters. The molecule has 0 spiro atoms. The van der Waals surface area contributed by atoms with Gasteiger partial charge in [-0.3, -0.25) is 9.59 Å². The molecule has 4 rings (SSSR count). The van der Waals surface area contributed by atoms with Gasteiger partial charge in [-0.1, -0.05) is 55.4 Å². The van der Waals surface area contributed by atoms with Gasteiger partial charge in [-0.15, -0.1) is 0 Å². The summed E-state index contributed by atoms with van der Waals surface area (Å²) in [7, 11) is -1.72. The highest BCUT2D eigenvalue weighted by atomic mass is 16.7. The van der Waals surface area contributed by atoms with E-state index in [1.807, 2.05) is 50.2 Å². The van der Waals surface area contributed by atoms with E-state index in [1.54, 1.807) is 31.3 Å². The molecule has 1 unspecified atom stereocenters.